The highest BCUT2D eigenvalue weighted by Gasteiger charge is 2.15. The van der Waals surface area contributed by atoms with Gasteiger partial charge in [0.1, 0.15) is 11.6 Å². The van der Waals surface area contributed by atoms with E-state index in [0.717, 1.165) is 36.1 Å². The second-order valence-corrected chi connectivity index (χ2v) is 7.73. The molecule has 1 amide bonds. The van der Waals surface area contributed by atoms with Gasteiger partial charge in [-0.05, 0) is 79.8 Å². The SMILES string of the molecule is CCC(N/C=C(/C#N)C(=O)Nc1cccc(C)c1C)c1ccc2c(c1)CCCC2. The molecular weight excluding hydrogens is 358 g/mol. The summed E-state index contributed by atoms with van der Waals surface area (Å²) in [6.45, 7) is 6.06. The van der Waals surface area contributed by atoms with E-state index in [1.54, 1.807) is 6.20 Å². The van der Waals surface area contributed by atoms with Gasteiger partial charge < -0.3 is 10.6 Å². The maximum absolute atomic E-state index is 12.6. The lowest BCUT2D eigenvalue weighted by molar-refractivity contribution is -0.112. The van der Waals surface area contributed by atoms with Crippen molar-refractivity contribution in [1.82, 2.24) is 5.32 Å². The van der Waals surface area contributed by atoms with Gasteiger partial charge in [0.2, 0.25) is 0 Å². The van der Waals surface area contributed by atoms with Crippen LogP contribution < -0.4 is 10.6 Å². The molecule has 1 unspecified atom stereocenters. The van der Waals surface area contributed by atoms with Crippen molar-refractivity contribution in [2.75, 3.05) is 5.32 Å². The van der Waals surface area contributed by atoms with Crippen LogP contribution in [0.1, 0.15) is 60.0 Å². The molecule has 150 valence electrons. The average molecular weight is 388 g/mol. The normalized spacial score (nSPS) is 14.5. The number of carbonyl (C=O) groups excluding carboxylic acids is 1. The maximum Gasteiger partial charge on any atom is 0.267 e. The van der Waals surface area contributed by atoms with Crippen LogP contribution >= 0.6 is 0 Å². The van der Waals surface area contributed by atoms with Crippen molar-refractivity contribution < 1.29 is 4.79 Å². The highest BCUT2D eigenvalue weighted by Crippen LogP contribution is 2.26. The third kappa shape index (κ3) is 4.86. The summed E-state index contributed by atoms with van der Waals surface area (Å²) in [6.07, 6.45) is 7.23. The van der Waals surface area contributed by atoms with E-state index in [2.05, 4.69) is 35.8 Å². The molecule has 0 saturated heterocycles. The molecule has 0 fully saturated rings. The first-order chi connectivity index (χ1) is 14.0. The molecule has 4 heteroatoms. The summed E-state index contributed by atoms with van der Waals surface area (Å²) in [4.78, 5) is 12.6. The van der Waals surface area contributed by atoms with E-state index in [4.69, 9.17) is 0 Å². The van der Waals surface area contributed by atoms with E-state index in [1.165, 1.54) is 29.5 Å². The minimum atomic E-state index is -0.394. The first kappa shape index (κ1) is 20.7. The highest BCUT2D eigenvalue weighted by molar-refractivity contribution is 6.06. The van der Waals surface area contributed by atoms with Crippen molar-refractivity contribution >= 4 is 11.6 Å². The van der Waals surface area contributed by atoms with Gasteiger partial charge in [-0.25, -0.2) is 0 Å². The van der Waals surface area contributed by atoms with E-state index in [1.807, 2.05) is 38.1 Å². The molecule has 1 aliphatic carbocycles. The molecule has 0 heterocycles. The van der Waals surface area contributed by atoms with Gasteiger partial charge in [-0.1, -0.05) is 37.3 Å². The molecule has 0 aliphatic heterocycles. The van der Waals surface area contributed by atoms with E-state index >= 15 is 0 Å². The molecule has 29 heavy (non-hydrogen) atoms. The van der Waals surface area contributed by atoms with Gasteiger partial charge in [0.25, 0.3) is 5.91 Å². The fourth-order valence-corrected chi connectivity index (χ4v) is 3.83. The molecule has 0 spiro atoms. The number of nitrogens with one attached hydrogen (secondary N) is 2. The van der Waals surface area contributed by atoms with Gasteiger partial charge in [0.15, 0.2) is 0 Å². The van der Waals surface area contributed by atoms with E-state index in [0.29, 0.717) is 0 Å². The second-order valence-electron chi connectivity index (χ2n) is 7.73. The third-order valence-electron chi connectivity index (χ3n) is 5.83. The number of hydrogen-bond acceptors (Lipinski definition) is 3. The average Bonchev–Trinajstić information content (AvgIpc) is 2.74. The van der Waals surface area contributed by atoms with Crippen LogP contribution in [0.15, 0.2) is 48.2 Å². The largest absolute Gasteiger partial charge is 0.383 e. The number of benzene rings is 2. The number of anilines is 1. The Morgan fingerprint density at radius 2 is 1.93 bits per heavy atom. The first-order valence-corrected chi connectivity index (χ1v) is 10.4. The molecular formula is C25H29N3O. The standard InChI is InChI=1S/C25H29N3O/c1-4-23(21-13-12-19-9-5-6-10-20(19)14-21)27-16-22(15-26)25(29)28-24-11-7-8-17(2)18(24)3/h7-8,11-14,16,23,27H,4-6,9-10H2,1-3H3,(H,28,29)/b22-16-. The first-order valence-electron chi connectivity index (χ1n) is 10.4. The molecule has 3 rings (SSSR count). The Bertz CT molecular complexity index is 969. The number of fused-ring (bicyclic) bond motifs is 1. The minimum absolute atomic E-state index is 0.0686. The van der Waals surface area contributed by atoms with Crippen LogP contribution in [0.25, 0.3) is 0 Å². The maximum atomic E-state index is 12.6. The molecule has 0 radical (unpaired) electrons. The van der Waals surface area contributed by atoms with Crippen molar-refractivity contribution in [2.45, 2.75) is 58.9 Å². The van der Waals surface area contributed by atoms with Crippen LogP contribution in [0, 0.1) is 25.2 Å². The summed E-state index contributed by atoms with van der Waals surface area (Å²) in [6, 6.07) is 14.5. The minimum Gasteiger partial charge on any atom is -0.383 e. The number of rotatable bonds is 6. The summed E-state index contributed by atoms with van der Waals surface area (Å²) in [5.74, 6) is -0.394. The van der Waals surface area contributed by atoms with Gasteiger partial charge in [-0.3, -0.25) is 4.79 Å². The van der Waals surface area contributed by atoms with E-state index in [-0.39, 0.29) is 11.6 Å². The Kier molecular flexibility index (Phi) is 6.72. The summed E-state index contributed by atoms with van der Waals surface area (Å²) in [7, 11) is 0. The Morgan fingerprint density at radius 1 is 1.17 bits per heavy atom. The third-order valence-corrected chi connectivity index (χ3v) is 5.83. The summed E-state index contributed by atoms with van der Waals surface area (Å²) in [5, 5.41) is 15.6. The molecule has 1 aliphatic rings. The predicted octanol–water partition coefficient (Wildman–Crippen LogP) is 5.27. The summed E-state index contributed by atoms with van der Waals surface area (Å²) < 4.78 is 0. The zero-order valence-electron chi connectivity index (χ0n) is 17.5. The number of aryl methyl sites for hydroxylation is 3. The fraction of sp³-hybridized carbons (Fsp3) is 0.360. The van der Waals surface area contributed by atoms with E-state index < -0.39 is 5.91 Å². The van der Waals surface area contributed by atoms with E-state index in [9.17, 15) is 10.1 Å². The van der Waals surface area contributed by atoms with Crippen molar-refractivity contribution in [3.63, 3.8) is 0 Å². The molecule has 4 nitrogen and oxygen atoms in total. The Hall–Kier alpha value is -3.06. The van der Waals surface area contributed by atoms with Gasteiger partial charge in [0.05, 0.1) is 6.04 Å². The molecule has 0 saturated carbocycles. The summed E-state index contributed by atoms with van der Waals surface area (Å²) in [5.41, 5.74) is 7.01. The lowest BCUT2D eigenvalue weighted by Gasteiger charge is -2.21. The fourth-order valence-electron chi connectivity index (χ4n) is 3.83. The molecule has 0 aromatic heterocycles. The second kappa shape index (κ2) is 9.43. The molecule has 2 aromatic carbocycles. The zero-order valence-corrected chi connectivity index (χ0v) is 17.5. The van der Waals surface area contributed by atoms with Gasteiger partial charge in [-0.2, -0.15) is 5.26 Å². The molecule has 2 aromatic rings. The smallest absolute Gasteiger partial charge is 0.267 e. The lowest BCUT2D eigenvalue weighted by atomic mass is 9.89. The predicted molar refractivity (Wildman–Crippen MR) is 117 cm³/mol. The summed E-state index contributed by atoms with van der Waals surface area (Å²) >= 11 is 0. The van der Waals surface area contributed by atoms with Crippen LogP contribution in [0.3, 0.4) is 0 Å². The lowest BCUT2D eigenvalue weighted by Crippen LogP contribution is -2.20. The number of hydrogen-bond donors (Lipinski definition) is 2. The monoisotopic (exact) mass is 387 g/mol. The number of amides is 1. The van der Waals surface area contributed by atoms with Gasteiger partial charge in [0, 0.05) is 11.9 Å². The zero-order chi connectivity index (χ0) is 20.8. The van der Waals surface area contributed by atoms with Crippen molar-refractivity contribution in [1.29, 1.82) is 5.26 Å². The van der Waals surface area contributed by atoms with Crippen LogP contribution in [0.2, 0.25) is 0 Å². The quantitative estimate of drug-likeness (QED) is 0.524. The number of nitrogens with zero attached hydrogens (tertiary/aromatic N) is 1. The van der Waals surface area contributed by atoms with Crippen LogP contribution in [0.5, 0.6) is 0 Å². The van der Waals surface area contributed by atoms with Crippen LogP contribution in [-0.2, 0) is 17.6 Å². The van der Waals surface area contributed by atoms with Crippen molar-refractivity contribution in [3.05, 3.63) is 76.0 Å². The Labute approximate surface area is 173 Å². The number of carbonyl (C=O) groups is 1. The Balaban J connectivity index is 1.73. The highest BCUT2D eigenvalue weighted by atomic mass is 16.1. The Morgan fingerprint density at radius 3 is 2.66 bits per heavy atom. The molecule has 1 atom stereocenters. The van der Waals surface area contributed by atoms with Crippen LogP contribution in [-0.4, -0.2) is 5.91 Å². The molecule has 0 bridgehead atoms. The van der Waals surface area contributed by atoms with Crippen molar-refractivity contribution in [2.24, 2.45) is 0 Å². The van der Waals surface area contributed by atoms with Gasteiger partial charge in [-0.15, -0.1) is 0 Å². The van der Waals surface area contributed by atoms with Crippen LogP contribution in [0.4, 0.5) is 5.69 Å². The number of nitriles is 1. The molecule has 2 N–H and O–H groups in total. The van der Waals surface area contributed by atoms with Gasteiger partial charge >= 0.3 is 0 Å². The topological polar surface area (TPSA) is 64.9 Å². The van der Waals surface area contributed by atoms with Crippen molar-refractivity contribution in [3.8, 4) is 6.07 Å².